The van der Waals surface area contributed by atoms with Crippen molar-refractivity contribution in [3.63, 3.8) is 0 Å². The molecular weight excluding hydrogens is 486 g/mol. The van der Waals surface area contributed by atoms with Gasteiger partial charge in [-0.1, -0.05) is 23.9 Å². The third-order valence-electron chi connectivity index (χ3n) is 6.87. The monoisotopic (exact) mass is 507 g/mol. The van der Waals surface area contributed by atoms with Gasteiger partial charge in [-0.3, -0.25) is 9.59 Å². The van der Waals surface area contributed by atoms with Crippen LogP contribution in [0.15, 0.2) is 63.8 Å². The highest BCUT2D eigenvalue weighted by Crippen LogP contribution is 2.61. The summed E-state index contributed by atoms with van der Waals surface area (Å²) in [5, 5.41) is 15.3. The van der Waals surface area contributed by atoms with E-state index in [-0.39, 0.29) is 23.9 Å². The Morgan fingerprint density at radius 2 is 1.97 bits per heavy atom. The molecule has 10 heteroatoms. The number of nitrogens with one attached hydrogen (secondary N) is 1. The zero-order valence-electron chi connectivity index (χ0n) is 18.5. The predicted molar refractivity (Wildman–Crippen MR) is 129 cm³/mol. The standard InChI is InChI=1S/C25H21N3O5S2/c29-22(28-15(24(31)32)10-25(11-20(25)28)12-21-26-7-8-34-21)13-27-23(30)14-5-6-19-17(9-14)33-16-3-1-2-4-18(16)35-19/h1-9,15,20H,10-13H2,(H,27,30)(H,31,32)/t15-,20-,25+/m0/s1. The number of carboxylic acids is 1. The Balaban J connectivity index is 1.12. The van der Waals surface area contributed by atoms with Gasteiger partial charge < -0.3 is 20.1 Å². The lowest BCUT2D eigenvalue weighted by Gasteiger charge is -2.24. The van der Waals surface area contributed by atoms with E-state index in [0.717, 1.165) is 27.0 Å². The van der Waals surface area contributed by atoms with Crippen molar-refractivity contribution in [1.29, 1.82) is 0 Å². The van der Waals surface area contributed by atoms with Gasteiger partial charge in [0.2, 0.25) is 5.91 Å². The van der Waals surface area contributed by atoms with E-state index in [1.54, 1.807) is 41.4 Å². The minimum Gasteiger partial charge on any atom is -0.480 e. The molecule has 3 aliphatic rings. The maximum absolute atomic E-state index is 13.1. The number of carbonyl (C=O) groups is 3. The van der Waals surface area contributed by atoms with Gasteiger partial charge in [-0.05, 0) is 43.2 Å². The molecule has 3 aromatic rings. The number of aliphatic carboxylic acids is 1. The zero-order valence-corrected chi connectivity index (χ0v) is 20.1. The van der Waals surface area contributed by atoms with Gasteiger partial charge in [0.1, 0.15) is 17.5 Å². The van der Waals surface area contributed by atoms with Crippen molar-refractivity contribution in [3.8, 4) is 11.5 Å². The molecule has 1 aliphatic carbocycles. The first kappa shape index (κ1) is 22.1. The molecule has 0 spiro atoms. The molecule has 3 heterocycles. The number of piperidine rings is 1. The number of likely N-dealkylation sites (tertiary alicyclic amines) is 1. The molecule has 178 valence electrons. The second-order valence-corrected chi connectivity index (χ2v) is 11.1. The third-order valence-corrected chi connectivity index (χ3v) is 8.77. The van der Waals surface area contributed by atoms with E-state index in [0.29, 0.717) is 24.2 Å². The maximum atomic E-state index is 13.1. The van der Waals surface area contributed by atoms with Gasteiger partial charge in [0.05, 0.1) is 21.3 Å². The van der Waals surface area contributed by atoms with E-state index < -0.39 is 17.9 Å². The van der Waals surface area contributed by atoms with Gasteiger partial charge in [0.25, 0.3) is 5.91 Å². The van der Waals surface area contributed by atoms with Crippen molar-refractivity contribution in [2.45, 2.75) is 41.1 Å². The average Bonchev–Trinajstić information content (AvgIpc) is 3.17. The molecule has 1 aromatic heterocycles. The number of hydrogen-bond donors (Lipinski definition) is 2. The normalized spacial score (nSPS) is 23.5. The Labute approximate surface area is 209 Å². The molecular formula is C25H21N3O5S2. The molecule has 2 aliphatic heterocycles. The average molecular weight is 508 g/mol. The molecule has 0 bridgehead atoms. The number of rotatable bonds is 6. The lowest BCUT2D eigenvalue weighted by atomic mass is 9.96. The topological polar surface area (TPSA) is 109 Å². The number of nitrogens with zero attached hydrogens (tertiary/aromatic N) is 2. The molecule has 0 unspecified atom stereocenters. The van der Waals surface area contributed by atoms with Crippen LogP contribution in [0.4, 0.5) is 0 Å². The Kier molecular flexibility index (Phi) is 5.30. The van der Waals surface area contributed by atoms with Gasteiger partial charge in [-0.15, -0.1) is 11.3 Å². The molecule has 35 heavy (non-hydrogen) atoms. The van der Waals surface area contributed by atoms with Crippen molar-refractivity contribution in [1.82, 2.24) is 15.2 Å². The van der Waals surface area contributed by atoms with Crippen LogP contribution in [-0.2, 0) is 16.0 Å². The highest BCUT2D eigenvalue weighted by atomic mass is 32.2. The van der Waals surface area contributed by atoms with Crippen molar-refractivity contribution < 1.29 is 24.2 Å². The summed E-state index contributed by atoms with van der Waals surface area (Å²) >= 11 is 3.11. The number of thiazole rings is 1. The molecule has 2 aromatic carbocycles. The van der Waals surface area contributed by atoms with E-state index in [1.807, 2.05) is 35.7 Å². The number of carboxylic acid groups (broad SMARTS) is 1. The van der Waals surface area contributed by atoms with E-state index >= 15 is 0 Å². The molecule has 0 radical (unpaired) electrons. The number of para-hydroxylation sites is 1. The summed E-state index contributed by atoms with van der Waals surface area (Å²) in [5.41, 5.74) is 0.141. The lowest BCUT2D eigenvalue weighted by Crippen LogP contribution is -2.47. The Morgan fingerprint density at radius 1 is 1.14 bits per heavy atom. The summed E-state index contributed by atoms with van der Waals surface area (Å²) in [6, 6.07) is 11.8. The minimum absolute atomic E-state index is 0.133. The van der Waals surface area contributed by atoms with E-state index in [1.165, 1.54) is 4.90 Å². The summed E-state index contributed by atoms with van der Waals surface area (Å²) in [7, 11) is 0. The van der Waals surface area contributed by atoms with Crippen LogP contribution < -0.4 is 10.1 Å². The second kappa shape index (κ2) is 8.39. The summed E-state index contributed by atoms with van der Waals surface area (Å²) in [4.78, 5) is 45.5. The summed E-state index contributed by atoms with van der Waals surface area (Å²) in [5.74, 6) is -0.488. The SMILES string of the molecule is O=C(NCC(=O)N1[C@H]2C[C@@]2(Cc2nccs2)C[C@H]1C(=O)O)c1ccc2c(c1)Oc1ccccc1S2. The molecule has 3 atom stereocenters. The fraction of sp³-hybridized carbons (Fsp3) is 0.280. The van der Waals surface area contributed by atoms with Crippen LogP contribution in [0.1, 0.15) is 28.2 Å². The first-order chi connectivity index (χ1) is 16.9. The minimum atomic E-state index is -1.01. The molecule has 2 amide bonds. The molecule has 1 saturated heterocycles. The molecule has 6 rings (SSSR count). The Bertz CT molecular complexity index is 1340. The number of aromatic nitrogens is 1. The molecule has 2 fully saturated rings. The van der Waals surface area contributed by atoms with Gasteiger partial charge >= 0.3 is 5.97 Å². The summed E-state index contributed by atoms with van der Waals surface area (Å²) in [6.07, 6.45) is 3.58. The van der Waals surface area contributed by atoms with Crippen LogP contribution in [0.3, 0.4) is 0 Å². The van der Waals surface area contributed by atoms with Gasteiger partial charge in [-0.25, -0.2) is 9.78 Å². The van der Waals surface area contributed by atoms with Crippen LogP contribution in [-0.4, -0.2) is 51.4 Å². The fourth-order valence-corrected chi connectivity index (χ4v) is 6.82. The number of fused-ring (bicyclic) bond motifs is 3. The Morgan fingerprint density at radius 3 is 2.77 bits per heavy atom. The number of carbonyl (C=O) groups excluding carboxylic acids is 2. The lowest BCUT2D eigenvalue weighted by molar-refractivity contribution is -0.149. The van der Waals surface area contributed by atoms with Crippen molar-refractivity contribution in [2.24, 2.45) is 5.41 Å². The van der Waals surface area contributed by atoms with Gasteiger partial charge in [0.15, 0.2) is 0 Å². The summed E-state index contributed by atoms with van der Waals surface area (Å²) in [6.45, 7) is -0.262. The number of amides is 2. The van der Waals surface area contributed by atoms with Crippen LogP contribution >= 0.6 is 23.1 Å². The number of benzene rings is 2. The third kappa shape index (κ3) is 3.96. The van der Waals surface area contributed by atoms with Crippen LogP contribution in [0.5, 0.6) is 11.5 Å². The number of hydrogen-bond acceptors (Lipinski definition) is 7. The molecule has 8 nitrogen and oxygen atoms in total. The maximum Gasteiger partial charge on any atom is 0.326 e. The predicted octanol–water partition coefficient (Wildman–Crippen LogP) is 3.82. The molecule has 2 N–H and O–H groups in total. The van der Waals surface area contributed by atoms with Gasteiger partial charge in [-0.2, -0.15) is 0 Å². The quantitative estimate of drug-likeness (QED) is 0.408. The van der Waals surface area contributed by atoms with Crippen molar-refractivity contribution in [3.05, 3.63) is 64.6 Å². The van der Waals surface area contributed by atoms with E-state index in [9.17, 15) is 19.5 Å². The van der Waals surface area contributed by atoms with Crippen LogP contribution in [0.2, 0.25) is 0 Å². The Hall–Kier alpha value is -3.37. The highest BCUT2D eigenvalue weighted by molar-refractivity contribution is 7.99. The van der Waals surface area contributed by atoms with Crippen molar-refractivity contribution in [2.75, 3.05) is 6.54 Å². The molecule has 1 saturated carbocycles. The zero-order chi connectivity index (χ0) is 24.2. The van der Waals surface area contributed by atoms with Crippen LogP contribution in [0.25, 0.3) is 0 Å². The van der Waals surface area contributed by atoms with E-state index in [4.69, 9.17) is 4.74 Å². The van der Waals surface area contributed by atoms with E-state index in [2.05, 4.69) is 10.3 Å². The van der Waals surface area contributed by atoms with Crippen molar-refractivity contribution >= 4 is 40.9 Å². The first-order valence-corrected chi connectivity index (χ1v) is 12.9. The highest BCUT2D eigenvalue weighted by Gasteiger charge is 2.67. The summed E-state index contributed by atoms with van der Waals surface area (Å²) < 4.78 is 5.94. The van der Waals surface area contributed by atoms with Crippen LogP contribution in [0, 0.1) is 5.41 Å². The fourth-order valence-electron chi connectivity index (χ4n) is 5.12. The first-order valence-electron chi connectivity index (χ1n) is 11.2. The number of ether oxygens (including phenoxy) is 1. The smallest absolute Gasteiger partial charge is 0.326 e. The largest absolute Gasteiger partial charge is 0.480 e. The van der Waals surface area contributed by atoms with Gasteiger partial charge in [0, 0.05) is 35.0 Å². The second-order valence-electron chi connectivity index (χ2n) is 9.04.